The SMILES string of the molecule is COc1ccc(-c2nc3ccc(F)cc3s2)cc1Br. The highest BCUT2D eigenvalue weighted by molar-refractivity contribution is 9.10. The molecule has 0 aliphatic carbocycles. The van der Waals surface area contributed by atoms with E-state index in [0.29, 0.717) is 0 Å². The van der Waals surface area contributed by atoms with Gasteiger partial charge >= 0.3 is 0 Å². The van der Waals surface area contributed by atoms with Crippen molar-refractivity contribution in [1.29, 1.82) is 0 Å². The second kappa shape index (κ2) is 4.90. The third-order valence-corrected chi connectivity index (χ3v) is 4.44. The molecule has 5 heteroatoms. The summed E-state index contributed by atoms with van der Waals surface area (Å²) in [5, 5.41) is 0.865. The molecule has 0 aliphatic heterocycles. The summed E-state index contributed by atoms with van der Waals surface area (Å²) >= 11 is 4.93. The van der Waals surface area contributed by atoms with E-state index in [4.69, 9.17) is 4.74 Å². The Morgan fingerprint density at radius 1 is 1.21 bits per heavy atom. The minimum atomic E-state index is -0.237. The summed E-state index contributed by atoms with van der Waals surface area (Å²) in [6.45, 7) is 0. The van der Waals surface area contributed by atoms with E-state index in [9.17, 15) is 4.39 Å². The van der Waals surface area contributed by atoms with Crippen LogP contribution in [0.4, 0.5) is 4.39 Å². The molecule has 0 amide bonds. The first-order chi connectivity index (χ1) is 9.17. The van der Waals surface area contributed by atoms with Gasteiger partial charge < -0.3 is 4.74 Å². The summed E-state index contributed by atoms with van der Waals surface area (Å²) in [6, 6.07) is 10.4. The van der Waals surface area contributed by atoms with Crippen molar-refractivity contribution in [2.75, 3.05) is 7.11 Å². The van der Waals surface area contributed by atoms with Crippen molar-refractivity contribution >= 4 is 37.5 Å². The van der Waals surface area contributed by atoms with Gasteiger partial charge in [0.2, 0.25) is 0 Å². The molecule has 0 unspecified atom stereocenters. The standard InChI is InChI=1S/C14H9BrFNOS/c1-18-12-5-2-8(6-10(12)15)14-17-11-4-3-9(16)7-13(11)19-14/h2-7H,1H3. The molecule has 2 aromatic carbocycles. The van der Waals surface area contributed by atoms with Crippen molar-refractivity contribution in [2.24, 2.45) is 0 Å². The van der Waals surface area contributed by atoms with Crippen LogP contribution >= 0.6 is 27.3 Å². The van der Waals surface area contributed by atoms with Gasteiger partial charge in [-0.2, -0.15) is 0 Å². The van der Waals surface area contributed by atoms with Crippen LogP contribution in [0.25, 0.3) is 20.8 Å². The monoisotopic (exact) mass is 337 g/mol. The number of fused-ring (bicyclic) bond motifs is 1. The molecular weight excluding hydrogens is 329 g/mol. The number of aromatic nitrogens is 1. The maximum absolute atomic E-state index is 13.2. The average molecular weight is 338 g/mol. The molecule has 0 atom stereocenters. The fourth-order valence-corrected chi connectivity index (χ4v) is 3.35. The summed E-state index contributed by atoms with van der Waals surface area (Å²) in [7, 11) is 1.63. The van der Waals surface area contributed by atoms with Crippen LogP contribution in [0.2, 0.25) is 0 Å². The Labute approximate surface area is 122 Å². The molecule has 0 aliphatic rings. The number of rotatable bonds is 2. The Balaban J connectivity index is 2.11. The Morgan fingerprint density at radius 3 is 2.79 bits per heavy atom. The molecule has 2 nitrogen and oxygen atoms in total. The lowest BCUT2D eigenvalue weighted by Gasteiger charge is -2.03. The average Bonchev–Trinajstić information content (AvgIpc) is 2.81. The Hall–Kier alpha value is -1.46. The van der Waals surface area contributed by atoms with E-state index in [0.717, 1.165) is 31.0 Å². The van der Waals surface area contributed by atoms with Crippen LogP contribution in [0, 0.1) is 5.82 Å². The van der Waals surface area contributed by atoms with Crippen LogP contribution < -0.4 is 4.74 Å². The number of hydrogen-bond acceptors (Lipinski definition) is 3. The lowest BCUT2D eigenvalue weighted by atomic mass is 10.2. The Morgan fingerprint density at radius 2 is 2.05 bits per heavy atom. The van der Waals surface area contributed by atoms with Crippen molar-refractivity contribution in [3.05, 3.63) is 46.7 Å². The molecule has 1 aromatic heterocycles. The zero-order valence-electron chi connectivity index (χ0n) is 9.98. The van der Waals surface area contributed by atoms with Gasteiger partial charge in [0, 0.05) is 5.56 Å². The number of hydrogen-bond donors (Lipinski definition) is 0. The Bertz CT molecular complexity index is 756. The van der Waals surface area contributed by atoms with Gasteiger partial charge in [-0.15, -0.1) is 11.3 Å². The molecule has 0 spiro atoms. The maximum Gasteiger partial charge on any atom is 0.133 e. The number of methoxy groups -OCH3 is 1. The molecular formula is C14H9BrFNOS. The quantitative estimate of drug-likeness (QED) is 0.665. The van der Waals surface area contributed by atoms with Gasteiger partial charge in [-0.05, 0) is 52.3 Å². The molecule has 0 N–H and O–H groups in total. The van der Waals surface area contributed by atoms with Crippen LogP contribution in [0.1, 0.15) is 0 Å². The summed E-state index contributed by atoms with van der Waals surface area (Å²) in [5.74, 6) is 0.537. The number of nitrogens with zero attached hydrogens (tertiary/aromatic N) is 1. The summed E-state index contributed by atoms with van der Waals surface area (Å²) in [5.41, 5.74) is 1.79. The van der Waals surface area contributed by atoms with Crippen molar-refractivity contribution < 1.29 is 9.13 Å². The molecule has 19 heavy (non-hydrogen) atoms. The maximum atomic E-state index is 13.2. The largest absolute Gasteiger partial charge is 0.496 e. The summed E-state index contributed by atoms with van der Waals surface area (Å²) in [4.78, 5) is 4.51. The molecule has 3 rings (SSSR count). The first kappa shape index (κ1) is 12.6. The molecule has 0 radical (unpaired) electrons. The topological polar surface area (TPSA) is 22.1 Å². The van der Waals surface area contributed by atoms with E-state index in [2.05, 4.69) is 20.9 Å². The van der Waals surface area contributed by atoms with E-state index >= 15 is 0 Å². The lowest BCUT2D eigenvalue weighted by molar-refractivity contribution is 0.412. The van der Waals surface area contributed by atoms with E-state index in [-0.39, 0.29) is 5.82 Å². The zero-order chi connectivity index (χ0) is 13.4. The van der Waals surface area contributed by atoms with Gasteiger partial charge in [-0.3, -0.25) is 0 Å². The number of thiazole rings is 1. The van der Waals surface area contributed by atoms with Crippen LogP contribution in [0.15, 0.2) is 40.9 Å². The molecule has 1 heterocycles. The second-order valence-corrected chi connectivity index (χ2v) is 5.87. The fourth-order valence-electron chi connectivity index (χ4n) is 1.82. The molecule has 0 saturated heterocycles. The first-order valence-electron chi connectivity index (χ1n) is 5.57. The smallest absolute Gasteiger partial charge is 0.133 e. The van der Waals surface area contributed by atoms with Crippen LogP contribution in [0.5, 0.6) is 5.75 Å². The van der Waals surface area contributed by atoms with E-state index in [1.165, 1.54) is 23.5 Å². The van der Waals surface area contributed by atoms with Crippen molar-refractivity contribution in [3.63, 3.8) is 0 Å². The van der Waals surface area contributed by atoms with Crippen LogP contribution in [-0.4, -0.2) is 12.1 Å². The van der Waals surface area contributed by atoms with Crippen molar-refractivity contribution in [2.45, 2.75) is 0 Å². The van der Waals surface area contributed by atoms with Gasteiger partial charge in [-0.1, -0.05) is 0 Å². The van der Waals surface area contributed by atoms with Gasteiger partial charge in [0.25, 0.3) is 0 Å². The second-order valence-electron chi connectivity index (χ2n) is 3.98. The molecule has 96 valence electrons. The number of halogens is 2. The van der Waals surface area contributed by atoms with Gasteiger partial charge in [0.15, 0.2) is 0 Å². The highest BCUT2D eigenvalue weighted by Crippen LogP contribution is 2.34. The van der Waals surface area contributed by atoms with E-state index in [1.54, 1.807) is 13.2 Å². The normalized spacial score (nSPS) is 10.9. The minimum Gasteiger partial charge on any atom is -0.496 e. The van der Waals surface area contributed by atoms with Crippen LogP contribution in [-0.2, 0) is 0 Å². The number of ether oxygens (including phenoxy) is 1. The van der Waals surface area contributed by atoms with Crippen LogP contribution in [0.3, 0.4) is 0 Å². The van der Waals surface area contributed by atoms with Gasteiger partial charge in [0.05, 0.1) is 21.8 Å². The third-order valence-electron chi connectivity index (χ3n) is 2.75. The predicted molar refractivity (Wildman–Crippen MR) is 79.3 cm³/mol. The molecule has 0 bridgehead atoms. The lowest BCUT2D eigenvalue weighted by Crippen LogP contribution is -1.84. The molecule has 0 saturated carbocycles. The Kier molecular flexibility index (Phi) is 3.24. The molecule has 3 aromatic rings. The highest BCUT2D eigenvalue weighted by atomic mass is 79.9. The fraction of sp³-hybridized carbons (Fsp3) is 0.0714. The molecule has 0 fully saturated rings. The van der Waals surface area contributed by atoms with Gasteiger partial charge in [-0.25, -0.2) is 9.37 Å². The highest BCUT2D eigenvalue weighted by Gasteiger charge is 2.09. The van der Waals surface area contributed by atoms with Crippen molar-refractivity contribution in [1.82, 2.24) is 4.98 Å². The van der Waals surface area contributed by atoms with Crippen molar-refractivity contribution in [3.8, 4) is 16.3 Å². The minimum absolute atomic E-state index is 0.237. The number of benzene rings is 2. The predicted octanol–water partition coefficient (Wildman–Crippen LogP) is 4.87. The zero-order valence-corrected chi connectivity index (χ0v) is 12.4. The summed E-state index contributed by atoms with van der Waals surface area (Å²) < 4.78 is 20.1. The third kappa shape index (κ3) is 2.35. The van der Waals surface area contributed by atoms with Gasteiger partial charge in [0.1, 0.15) is 16.6 Å². The summed E-state index contributed by atoms with van der Waals surface area (Å²) in [6.07, 6.45) is 0. The van der Waals surface area contributed by atoms with E-state index in [1.807, 2.05) is 18.2 Å². The van der Waals surface area contributed by atoms with E-state index < -0.39 is 0 Å². The first-order valence-corrected chi connectivity index (χ1v) is 7.18.